The number of hydrogen-bond donors (Lipinski definition) is 2. The van der Waals surface area contributed by atoms with Gasteiger partial charge in [0.1, 0.15) is 23.8 Å². The van der Waals surface area contributed by atoms with Crippen LogP contribution in [0.5, 0.6) is 0 Å². The molecule has 3 aromatic rings. The standard InChI is InChI=1S/C30H37ClF3N7O2/c1-4-35-25-10-21(29(16-31,17-42)12-27-38-36-18-39(27)3)11-26(37-25)41-15-23-22(28(41)43)8-20(9-24(23)30(32,33)34)14-40-7-5-6-19(2)13-40/h8-11,18-19,42H,4-7,12-17H2,1-3H3,(H,35,37)/t19-,29?/m0/s1. The summed E-state index contributed by atoms with van der Waals surface area (Å²) < 4.78 is 44.9. The minimum atomic E-state index is -4.63. The number of aliphatic hydroxyl groups is 1. The summed E-state index contributed by atoms with van der Waals surface area (Å²) in [5, 5.41) is 21.8. The fraction of sp³-hybridized carbons (Fsp3) is 0.533. The van der Waals surface area contributed by atoms with Crippen molar-refractivity contribution in [2.45, 2.75) is 57.8 Å². The molecule has 1 amide bonds. The third-order valence-corrected chi connectivity index (χ3v) is 8.98. The number of amides is 1. The maximum atomic E-state index is 14.4. The van der Waals surface area contributed by atoms with E-state index in [0.29, 0.717) is 41.8 Å². The number of anilines is 2. The second kappa shape index (κ2) is 12.4. The number of benzene rings is 1. The van der Waals surface area contributed by atoms with Crippen LogP contribution in [0.25, 0.3) is 0 Å². The Morgan fingerprint density at radius 3 is 2.63 bits per heavy atom. The number of nitrogens with zero attached hydrogens (tertiary/aromatic N) is 6. The van der Waals surface area contributed by atoms with E-state index in [1.54, 1.807) is 36.1 Å². The van der Waals surface area contributed by atoms with Crippen LogP contribution in [0.2, 0.25) is 0 Å². The van der Waals surface area contributed by atoms with Gasteiger partial charge in [0, 0.05) is 50.0 Å². The van der Waals surface area contributed by atoms with Crippen LogP contribution in [0.3, 0.4) is 0 Å². The Morgan fingerprint density at radius 2 is 2.00 bits per heavy atom. The van der Waals surface area contributed by atoms with Crippen LogP contribution < -0.4 is 10.2 Å². The summed E-state index contributed by atoms with van der Waals surface area (Å²) in [6, 6.07) is 6.16. The lowest BCUT2D eigenvalue weighted by molar-refractivity contribution is -0.138. The summed E-state index contributed by atoms with van der Waals surface area (Å²) in [6.07, 6.45) is -0.746. The zero-order chi connectivity index (χ0) is 30.9. The number of rotatable bonds is 10. The molecule has 1 fully saturated rings. The first kappa shape index (κ1) is 31.2. The maximum absolute atomic E-state index is 14.4. The van der Waals surface area contributed by atoms with Gasteiger partial charge in [0.25, 0.3) is 5.91 Å². The Bertz CT molecular complexity index is 1470. The molecule has 9 nitrogen and oxygen atoms in total. The Labute approximate surface area is 254 Å². The van der Waals surface area contributed by atoms with Crippen molar-refractivity contribution in [1.29, 1.82) is 0 Å². The molecule has 1 aromatic carbocycles. The molecule has 43 heavy (non-hydrogen) atoms. The highest BCUT2D eigenvalue weighted by Gasteiger charge is 2.42. The van der Waals surface area contributed by atoms with Gasteiger partial charge >= 0.3 is 6.18 Å². The van der Waals surface area contributed by atoms with Crippen LogP contribution in [-0.4, -0.2) is 67.8 Å². The van der Waals surface area contributed by atoms with Crippen LogP contribution in [0.15, 0.2) is 30.6 Å². The van der Waals surface area contributed by atoms with E-state index in [0.717, 1.165) is 25.9 Å². The quantitative estimate of drug-likeness (QED) is 0.316. The molecule has 0 radical (unpaired) electrons. The van der Waals surface area contributed by atoms with Crippen molar-refractivity contribution in [2.75, 3.05) is 42.3 Å². The summed E-state index contributed by atoms with van der Waals surface area (Å²) in [5.41, 5.74) is -0.788. The molecule has 5 rings (SSSR count). The molecule has 2 aliphatic heterocycles. The van der Waals surface area contributed by atoms with Gasteiger partial charge in [-0.2, -0.15) is 13.2 Å². The van der Waals surface area contributed by atoms with Gasteiger partial charge in [-0.1, -0.05) is 6.92 Å². The molecule has 0 bridgehead atoms. The molecule has 2 aromatic heterocycles. The average molecular weight is 620 g/mol. The monoisotopic (exact) mass is 619 g/mol. The lowest BCUT2D eigenvalue weighted by Gasteiger charge is -2.31. The van der Waals surface area contributed by atoms with E-state index in [-0.39, 0.29) is 42.4 Å². The van der Waals surface area contributed by atoms with Gasteiger partial charge in [-0.15, -0.1) is 21.8 Å². The Balaban J connectivity index is 1.54. The fourth-order valence-corrected chi connectivity index (χ4v) is 6.44. The number of pyridine rings is 1. The number of nitrogens with one attached hydrogen (secondary N) is 1. The first-order chi connectivity index (χ1) is 20.5. The number of aryl methyl sites for hydroxylation is 1. The number of alkyl halides is 4. The predicted octanol–water partition coefficient (Wildman–Crippen LogP) is 4.76. The maximum Gasteiger partial charge on any atom is 0.416 e. The van der Waals surface area contributed by atoms with Crippen molar-refractivity contribution in [1.82, 2.24) is 24.6 Å². The van der Waals surface area contributed by atoms with Crippen LogP contribution >= 0.6 is 11.6 Å². The molecule has 1 unspecified atom stereocenters. The van der Waals surface area contributed by atoms with E-state index in [1.807, 2.05) is 6.92 Å². The van der Waals surface area contributed by atoms with Crippen molar-refractivity contribution in [3.63, 3.8) is 0 Å². The second-order valence-electron chi connectivity index (χ2n) is 11.8. The zero-order valence-corrected chi connectivity index (χ0v) is 25.3. The van der Waals surface area contributed by atoms with Crippen molar-refractivity contribution < 1.29 is 23.1 Å². The first-order valence-corrected chi connectivity index (χ1v) is 15.0. The van der Waals surface area contributed by atoms with E-state index < -0.39 is 23.1 Å². The van der Waals surface area contributed by atoms with Gasteiger partial charge < -0.3 is 15.0 Å². The molecule has 13 heteroatoms. The van der Waals surface area contributed by atoms with Crippen molar-refractivity contribution in [3.8, 4) is 0 Å². The van der Waals surface area contributed by atoms with E-state index in [1.165, 1.54) is 11.0 Å². The SMILES string of the molecule is CCNc1cc(C(CO)(CCl)Cc2nncn2C)cc(N2Cc3c(cc(CN4CCC[C@H](C)C4)cc3C(F)(F)F)C2=O)n1. The number of aromatic nitrogens is 4. The second-order valence-corrected chi connectivity index (χ2v) is 12.0. The van der Waals surface area contributed by atoms with Crippen molar-refractivity contribution >= 4 is 29.1 Å². The topological polar surface area (TPSA) is 99.4 Å². The van der Waals surface area contributed by atoms with E-state index >= 15 is 0 Å². The third kappa shape index (κ3) is 6.37. The number of carbonyl (C=O) groups excluding carboxylic acids is 1. The number of likely N-dealkylation sites (tertiary alicyclic amines) is 1. The molecule has 4 heterocycles. The smallest absolute Gasteiger partial charge is 0.395 e. The summed E-state index contributed by atoms with van der Waals surface area (Å²) in [7, 11) is 1.78. The Kier molecular flexibility index (Phi) is 9.01. The normalized spacial score (nSPS) is 19.0. The molecule has 0 saturated carbocycles. The lowest BCUT2D eigenvalue weighted by atomic mass is 9.80. The minimum absolute atomic E-state index is 0.0102. The van der Waals surface area contributed by atoms with Crippen LogP contribution in [-0.2, 0) is 38.1 Å². The Morgan fingerprint density at radius 1 is 1.21 bits per heavy atom. The van der Waals surface area contributed by atoms with Crippen LogP contribution in [0, 0.1) is 5.92 Å². The van der Waals surface area contributed by atoms with Gasteiger partial charge in [-0.05, 0) is 73.2 Å². The summed E-state index contributed by atoms with van der Waals surface area (Å²) in [6.45, 7) is 5.89. The molecule has 2 atom stereocenters. The lowest BCUT2D eigenvalue weighted by Crippen LogP contribution is -2.37. The summed E-state index contributed by atoms with van der Waals surface area (Å²) in [5.74, 6) is 1.12. The largest absolute Gasteiger partial charge is 0.416 e. The number of carbonyl (C=O) groups is 1. The molecule has 2 N–H and O–H groups in total. The highest BCUT2D eigenvalue weighted by atomic mass is 35.5. The highest BCUT2D eigenvalue weighted by Crippen LogP contribution is 2.41. The van der Waals surface area contributed by atoms with Gasteiger partial charge in [-0.25, -0.2) is 4.98 Å². The van der Waals surface area contributed by atoms with Gasteiger partial charge in [0.05, 0.1) is 18.7 Å². The molecule has 232 valence electrons. The Hall–Kier alpha value is -3.22. The van der Waals surface area contributed by atoms with Gasteiger partial charge in [-0.3, -0.25) is 14.6 Å². The van der Waals surface area contributed by atoms with E-state index in [9.17, 15) is 23.1 Å². The fourth-order valence-electron chi connectivity index (χ4n) is 6.10. The molecule has 2 aliphatic rings. The van der Waals surface area contributed by atoms with Crippen molar-refractivity contribution in [3.05, 3.63) is 64.2 Å². The number of aliphatic hydroxyl groups excluding tert-OH is 1. The first-order valence-electron chi connectivity index (χ1n) is 14.5. The van der Waals surface area contributed by atoms with E-state index in [4.69, 9.17) is 11.6 Å². The number of halogens is 4. The van der Waals surface area contributed by atoms with Crippen molar-refractivity contribution in [2.24, 2.45) is 13.0 Å². The minimum Gasteiger partial charge on any atom is -0.395 e. The molecular weight excluding hydrogens is 583 g/mol. The number of hydrogen-bond acceptors (Lipinski definition) is 7. The van der Waals surface area contributed by atoms with Crippen LogP contribution in [0.1, 0.15) is 65.1 Å². The zero-order valence-electron chi connectivity index (χ0n) is 24.6. The van der Waals surface area contributed by atoms with Crippen LogP contribution in [0.4, 0.5) is 24.8 Å². The number of fused-ring (bicyclic) bond motifs is 1. The van der Waals surface area contributed by atoms with Gasteiger partial charge in [0.15, 0.2) is 0 Å². The molecule has 1 saturated heterocycles. The molecule has 0 aliphatic carbocycles. The van der Waals surface area contributed by atoms with Gasteiger partial charge in [0.2, 0.25) is 0 Å². The highest BCUT2D eigenvalue weighted by molar-refractivity contribution is 6.18. The predicted molar refractivity (Wildman–Crippen MR) is 158 cm³/mol. The number of piperidine rings is 1. The summed E-state index contributed by atoms with van der Waals surface area (Å²) >= 11 is 6.48. The molecular formula is C30H37ClF3N7O2. The average Bonchev–Trinajstić information content (AvgIpc) is 3.52. The molecule has 0 spiro atoms. The third-order valence-electron chi connectivity index (χ3n) is 8.47. The summed E-state index contributed by atoms with van der Waals surface area (Å²) in [4.78, 5) is 21.9. The van der Waals surface area contributed by atoms with E-state index in [2.05, 4.69) is 32.3 Å².